The molecule has 0 spiro atoms. The predicted molar refractivity (Wildman–Crippen MR) is 23.8 cm³/mol. The number of fused-ring (bicyclic) bond motifs is 2. The van der Waals surface area contributed by atoms with E-state index in [0.29, 0.717) is 6.10 Å². The van der Waals surface area contributed by atoms with Crippen LogP contribution < -0.4 is 0 Å². The summed E-state index contributed by atoms with van der Waals surface area (Å²) in [4.78, 5) is 0. The molecule has 3 saturated heterocycles. The Kier molecular flexibility index (Phi) is 0.664. The fourth-order valence-electron chi connectivity index (χ4n) is 1.04. The maximum absolute atomic E-state index is 5.15. The van der Waals surface area contributed by atoms with Gasteiger partial charge in [0.05, 0.1) is 12.7 Å². The van der Waals surface area contributed by atoms with E-state index in [9.17, 15) is 0 Å². The van der Waals surface area contributed by atoms with Crippen molar-refractivity contribution >= 4 is 0 Å². The van der Waals surface area contributed by atoms with Crippen LogP contribution in [0.4, 0.5) is 0 Å². The van der Waals surface area contributed by atoms with Crippen LogP contribution >= 0.6 is 0 Å². The van der Waals surface area contributed by atoms with Gasteiger partial charge in [-0.3, -0.25) is 0 Å². The fourth-order valence-corrected chi connectivity index (χ4v) is 1.04. The molecule has 0 aromatic heterocycles. The molecule has 2 atom stereocenters. The van der Waals surface area contributed by atoms with Crippen molar-refractivity contribution in [3.8, 4) is 0 Å². The molecule has 0 aromatic rings. The molecule has 3 heterocycles. The molecule has 0 aromatic carbocycles. The highest BCUT2D eigenvalue weighted by Crippen LogP contribution is 2.28. The van der Waals surface area contributed by atoms with Gasteiger partial charge in [0.25, 0.3) is 0 Å². The summed E-state index contributed by atoms with van der Waals surface area (Å²) in [7, 11) is 0. The highest BCUT2D eigenvalue weighted by molar-refractivity contribution is 4.75. The molecule has 40 valence electrons. The topological polar surface area (TPSA) is 18.5 Å². The standard InChI is InChI=1S/C5H8O2/c1-2-6-5-3-4(1)7-5/h4-5H,1-3H2. The molecular formula is C5H8O2. The molecule has 0 amide bonds. The van der Waals surface area contributed by atoms with Gasteiger partial charge in [-0.15, -0.1) is 0 Å². The molecule has 2 nitrogen and oxygen atoms in total. The number of hydrogen-bond donors (Lipinski definition) is 0. The van der Waals surface area contributed by atoms with E-state index >= 15 is 0 Å². The van der Waals surface area contributed by atoms with E-state index in [-0.39, 0.29) is 6.29 Å². The summed E-state index contributed by atoms with van der Waals surface area (Å²) < 4.78 is 10.3. The second kappa shape index (κ2) is 1.20. The third kappa shape index (κ3) is 0.469. The van der Waals surface area contributed by atoms with E-state index in [1.54, 1.807) is 0 Å². The van der Waals surface area contributed by atoms with Crippen molar-refractivity contribution in [2.75, 3.05) is 6.61 Å². The molecule has 0 aliphatic carbocycles. The Labute approximate surface area is 42.4 Å². The maximum atomic E-state index is 5.15. The number of rotatable bonds is 0. The first kappa shape index (κ1) is 3.87. The van der Waals surface area contributed by atoms with E-state index in [4.69, 9.17) is 9.47 Å². The average molecular weight is 100 g/mol. The second-order valence-corrected chi connectivity index (χ2v) is 2.08. The highest BCUT2D eigenvalue weighted by Gasteiger charge is 2.34. The van der Waals surface area contributed by atoms with Crippen LogP contribution in [0, 0.1) is 0 Å². The molecule has 3 aliphatic heterocycles. The van der Waals surface area contributed by atoms with Gasteiger partial charge in [0.15, 0.2) is 6.29 Å². The van der Waals surface area contributed by atoms with Crippen molar-refractivity contribution in [2.24, 2.45) is 0 Å². The lowest BCUT2D eigenvalue weighted by Gasteiger charge is -2.40. The van der Waals surface area contributed by atoms with Gasteiger partial charge in [-0.1, -0.05) is 0 Å². The van der Waals surface area contributed by atoms with Gasteiger partial charge in [0, 0.05) is 6.42 Å². The lowest BCUT2D eigenvalue weighted by molar-refractivity contribution is -0.297. The Morgan fingerprint density at radius 1 is 1.43 bits per heavy atom. The van der Waals surface area contributed by atoms with Gasteiger partial charge in [0.2, 0.25) is 0 Å². The van der Waals surface area contributed by atoms with Crippen molar-refractivity contribution in [1.82, 2.24) is 0 Å². The normalized spacial score (nSPS) is 48.0. The zero-order valence-electron chi connectivity index (χ0n) is 4.09. The molecule has 7 heavy (non-hydrogen) atoms. The molecule has 2 heteroatoms. The van der Waals surface area contributed by atoms with Crippen LogP contribution in [0.5, 0.6) is 0 Å². The summed E-state index contributed by atoms with van der Waals surface area (Å²) in [6.45, 7) is 0.912. The number of ether oxygens (including phenoxy) is 2. The van der Waals surface area contributed by atoms with Crippen molar-refractivity contribution in [3.63, 3.8) is 0 Å². The van der Waals surface area contributed by atoms with Crippen molar-refractivity contribution < 1.29 is 9.47 Å². The zero-order chi connectivity index (χ0) is 4.69. The van der Waals surface area contributed by atoms with Gasteiger partial charge in [-0.05, 0) is 6.42 Å². The average Bonchev–Trinajstić information content (AvgIpc) is 1.67. The summed E-state index contributed by atoms with van der Waals surface area (Å²) in [5, 5.41) is 0. The predicted octanol–water partition coefficient (Wildman–Crippen LogP) is 0.522. The van der Waals surface area contributed by atoms with Gasteiger partial charge < -0.3 is 9.47 Å². The van der Waals surface area contributed by atoms with E-state index in [2.05, 4.69) is 0 Å². The van der Waals surface area contributed by atoms with E-state index in [1.165, 1.54) is 0 Å². The van der Waals surface area contributed by atoms with Crippen molar-refractivity contribution in [2.45, 2.75) is 25.2 Å². The van der Waals surface area contributed by atoms with E-state index in [0.717, 1.165) is 19.4 Å². The molecule has 3 rings (SSSR count). The third-order valence-corrected chi connectivity index (χ3v) is 1.54. The summed E-state index contributed by atoms with van der Waals surface area (Å²) in [6.07, 6.45) is 2.98. The van der Waals surface area contributed by atoms with Gasteiger partial charge >= 0.3 is 0 Å². The van der Waals surface area contributed by atoms with Crippen LogP contribution in [0.1, 0.15) is 12.8 Å². The lowest BCUT2D eigenvalue weighted by atomic mass is 10.1. The molecule has 0 radical (unpaired) electrons. The second-order valence-electron chi connectivity index (χ2n) is 2.08. The molecule has 2 bridgehead atoms. The number of hydrogen-bond acceptors (Lipinski definition) is 2. The van der Waals surface area contributed by atoms with Crippen LogP contribution in [-0.4, -0.2) is 19.0 Å². The molecule has 0 saturated carbocycles. The van der Waals surface area contributed by atoms with Crippen molar-refractivity contribution in [1.29, 1.82) is 0 Å². The SMILES string of the molecule is C1CC2CC(O1)O2. The largest absolute Gasteiger partial charge is 0.352 e. The quantitative estimate of drug-likeness (QED) is 0.442. The summed E-state index contributed by atoms with van der Waals surface area (Å²) in [5.41, 5.74) is 0. The Balaban J connectivity index is 1.99. The van der Waals surface area contributed by atoms with Gasteiger partial charge in [-0.2, -0.15) is 0 Å². The Bertz CT molecular complexity index is 62.6. The molecular weight excluding hydrogens is 92.1 g/mol. The zero-order valence-corrected chi connectivity index (χ0v) is 4.09. The summed E-state index contributed by atoms with van der Waals surface area (Å²) in [6, 6.07) is 0. The third-order valence-electron chi connectivity index (χ3n) is 1.54. The Morgan fingerprint density at radius 2 is 2.29 bits per heavy atom. The van der Waals surface area contributed by atoms with Crippen LogP contribution in [0.3, 0.4) is 0 Å². The van der Waals surface area contributed by atoms with Gasteiger partial charge in [0.1, 0.15) is 0 Å². The summed E-state index contributed by atoms with van der Waals surface area (Å²) >= 11 is 0. The van der Waals surface area contributed by atoms with Crippen LogP contribution in [0.2, 0.25) is 0 Å². The Morgan fingerprint density at radius 3 is 2.43 bits per heavy atom. The maximum Gasteiger partial charge on any atom is 0.160 e. The van der Waals surface area contributed by atoms with E-state index in [1.807, 2.05) is 0 Å². The first-order valence-electron chi connectivity index (χ1n) is 2.72. The monoisotopic (exact) mass is 100 g/mol. The van der Waals surface area contributed by atoms with E-state index < -0.39 is 0 Å². The smallest absolute Gasteiger partial charge is 0.160 e. The van der Waals surface area contributed by atoms with Crippen LogP contribution in [0.25, 0.3) is 0 Å². The molecule has 0 N–H and O–H groups in total. The first-order chi connectivity index (χ1) is 3.45. The first-order valence-corrected chi connectivity index (χ1v) is 2.72. The lowest BCUT2D eigenvalue weighted by Crippen LogP contribution is -2.45. The molecule has 3 fully saturated rings. The fraction of sp³-hybridized carbons (Fsp3) is 1.00. The van der Waals surface area contributed by atoms with Crippen molar-refractivity contribution in [3.05, 3.63) is 0 Å². The van der Waals surface area contributed by atoms with Gasteiger partial charge in [-0.25, -0.2) is 0 Å². The summed E-state index contributed by atoms with van der Waals surface area (Å²) in [5.74, 6) is 0. The Hall–Kier alpha value is -0.0800. The minimum atomic E-state index is 0.179. The highest BCUT2D eigenvalue weighted by atomic mass is 16.7. The molecule has 2 unspecified atom stereocenters. The van der Waals surface area contributed by atoms with Crippen LogP contribution in [0.15, 0.2) is 0 Å². The van der Waals surface area contributed by atoms with Crippen LogP contribution in [-0.2, 0) is 9.47 Å². The minimum Gasteiger partial charge on any atom is -0.352 e. The molecule has 3 aliphatic rings. The minimum absolute atomic E-state index is 0.179.